The molecule has 0 aliphatic carbocycles. The number of aromatic nitrogens is 3. The van der Waals surface area contributed by atoms with Crippen molar-refractivity contribution in [3.8, 4) is 0 Å². The van der Waals surface area contributed by atoms with Crippen LogP contribution >= 0.6 is 22.7 Å². The maximum atomic E-state index is 13.1. The van der Waals surface area contributed by atoms with Crippen molar-refractivity contribution in [1.29, 1.82) is 0 Å². The van der Waals surface area contributed by atoms with Gasteiger partial charge < -0.3 is 0 Å². The lowest BCUT2D eigenvalue weighted by Gasteiger charge is -2.03. The van der Waals surface area contributed by atoms with Gasteiger partial charge in [0.25, 0.3) is 5.91 Å². The van der Waals surface area contributed by atoms with Gasteiger partial charge in [-0.05, 0) is 36.6 Å². The Balaban J connectivity index is 1.58. The summed E-state index contributed by atoms with van der Waals surface area (Å²) < 4.78 is 15.0. The first-order valence-corrected chi connectivity index (χ1v) is 10.6. The summed E-state index contributed by atoms with van der Waals surface area (Å²) in [5.74, 6) is -0.103. The third-order valence-corrected chi connectivity index (χ3v) is 6.33. The average molecular weight is 415 g/mol. The molecule has 0 radical (unpaired) electrons. The number of thiazole rings is 1. The van der Waals surface area contributed by atoms with Crippen molar-refractivity contribution < 1.29 is 9.18 Å². The van der Waals surface area contributed by atoms with Gasteiger partial charge in [-0.1, -0.05) is 26.0 Å². The van der Waals surface area contributed by atoms with Crippen molar-refractivity contribution in [2.45, 2.75) is 33.2 Å². The number of amides is 1. The molecule has 0 atom stereocenters. The van der Waals surface area contributed by atoms with E-state index in [-0.39, 0.29) is 11.7 Å². The number of nitrogens with zero attached hydrogens (tertiary/aromatic N) is 3. The van der Waals surface area contributed by atoms with Gasteiger partial charge in [0.15, 0.2) is 5.13 Å². The van der Waals surface area contributed by atoms with E-state index in [9.17, 15) is 9.18 Å². The molecule has 0 unspecified atom stereocenters. The minimum Gasteiger partial charge on any atom is -0.297 e. The van der Waals surface area contributed by atoms with Gasteiger partial charge in [0.1, 0.15) is 10.6 Å². The van der Waals surface area contributed by atoms with Gasteiger partial charge in [-0.3, -0.25) is 14.8 Å². The summed E-state index contributed by atoms with van der Waals surface area (Å²) in [5, 5.41) is 11.0. The van der Waals surface area contributed by atoms with E-state index in [4.69, 9.17) is 0 Å². The third kappa shape index (κ3) is 3.70. The maximum absolute atomic E-state index is 13.1. The van der Waals surface area contributed by atoms with Crippen LogP contribution in [0.4, 0.5) is 9.52 Å². The number of benzene rings is 1. The van der Waals surface area contributed by atoms with Crippen LogP contribution in [-0.4, -0.2) is 20.7 Å². The molecule has 144 valence electrons. The molecular weight excluding hydrogens is 395 g/mol. The molecule has 1 aromatic carbocycles. The zero-order valence-corrected chi connectivity index (χ0v) is 17.3. The van der Waals surface area contributed by atoms with Crippen molar-refractivity contribution in [3.63, 3.8) is 0 Å². The van der Waals surface area contributed by atoms with E-state index >= 15 is 0 Å². The molecule has 0 spiro atoms. The van der Waals surface area contributed by atoms with Crippen molar-refractivity contribution in [2.24, 2.45) is 0 Å². The SMILES string of the molecule is Cc1nn(Cc2ccc(F)cc2)c2sc(C(=O)Nc3nc(C(C)C)cs3)cc12. The number of fused-ring (bicyclic) bond motifs is 1. The van der Waals surface area contributed by atoms with Crippen molar-refractivity contribution >= 4 is 43.9 Å². The number of hydrogen-bond acceptors (Lipinski definition) is 5. The summed E-state index contributed by atoms with van der Waals surface area (Å²) in [4.78, 5) is 18.7. The molecule has 0 bridgehead atoms. The fourth-order valence-electron chi connectivity index (χ4n) is 2.86. The smallest absolute Gasteiger partial charge is 0.267 e. The van der Waals surface area contributed by atoms with Crippen molar-refractivity contribution in [2.75, 3.05) is 5.32 Å². The predicted octanol–water partition coefficient (Wildman–Crippen LogP) is 5.43. The number of aryl methyl sites for hydroxylation is 1. The number of carbonyl (C=O) groups is 1. The monoisotopic (exact) mass is 414 g/mol. The molecule has 0 saturated heterocycles. The van der Waals surface area contributed by atoms with Crippen LogP contribution in [0.5, 0.6) is 0 Å². The highest BCUT2D eigenvalue weighted by Crippen LogP contribution is 2.30. The number of carbonyl (C=O) groups excluding carboxylic acids is 1. The van der Waals surface area contributed by atoms with Gasteiger partial charge in [0.2, 0.25) is 0 Å². The molecule has 0 fully saturated rings. The van der Waals surface area contributed by atoms with Gasteiger partial charge in [-0.25, -0.2) is 9.37 Å². The molecule has 8 heteroatoms. The Morgan fingerprint density at radius 1 is 1.29 bits per heavy atom. The van der Waals surface area contributed by atoms with Gasteiger partial charge >= 0.3 is 0 Å². The van der Waals surface area contributed by atoms with Gasteiger partial charge in [-0.15, -0.1) is 22.7 Å². The van der Waals surface area contributed by atoms with Gasteiger partial charge in [-0.2, -0.15) is 5.10 Å². The summed E-state index contributed by atoms with van der Waals surface area (Å²) in [6.07, 6.45) is 0. The normalized spacial score (nSPS) is 11.5. The summed E-state index contributed by atoms with van der Waals surface area (Å²) in [7, 11) is 0. The fraction of sp³-hybridized carbons (Fsp3) is 0.250. The number of hydrogen-bond donors (Lipinski definition) is 1. The zero-order chi connectivity index (χ0) is 19.8. The molecule has 3 heterocycles. The molecule has 0 aliphatic rings. The minimum absolute atomic E-state index is 0.168. The molecule has 5 nitrogen and oxygen atoms in total. The minimum atomic E-state index is -0.261. The van der Waals surface area contributed by atoms with Gasteiger partial charge in [0.05, 0.1) is 22.8 Å². The van der Waals surface area contributed by atoms with Crippen LogP contribution in [0.25, 0.3) is 10.2 Å². The predicted molar refractivity (Wildman–Crippen MR) is 112 cm³/mol. The topological polar surface area (TPSA) is 59.8 Å². The first kappa shape index (κ1) is 18.8. The Morgan fingerprint density at radius 2 is 2.04 bits per heavy atom. The van der Waals surface area contributed by atoms with E-state index < -0.39 is 0 Å². The lowest BCUT2D eigenvalue weighted by atomic mass is 10.2. The van der Waals surface area contributed by atoms with E-state index in [1.807, 2.05) is 23.1 Å². The Bertz CT molecular complexity index is 1140. The van der Waals surface area contributed by atoms with E-state index in [0.29, 0.717) is 22.5 Å². The average Bonchev–Trinajstić information content (AvgIpc) is 3.35. The van der Waals surface area contributed by atoms with Crippen molar-refractivity contribution in [1.82, 2.24) is 14.8 Å². The molecule has 1 amide bonds. The van der Waals surface area contributed by atoms with Crippen LogP contribution in [0.2, 0.25) is 0 Å². The van der Waals surface area contributed by atoms with Crippen LogP contribution in [0.3, 0.4) is 0 Å². The highest BCUT2D eigenvalue weighted by Gasteiger charge is 2.18. The third-order valence-electron chi connectivity index (χ3n) is 4.41. The molecule has 1 N–H and O–H groups in total. The van der Waals surface area contributed by atoms with E-state index in [2.05, 4.69) is 29.2 Å². The summed E-state index contributed by atoms with van der Waals surface area (Å²) in [6.45, 7) is 6.59. The largest absolute Gasteiger partial charge is 0.297 e. The van der Waals surface area contributed by atoms with E-state index in [1.54, 1.807) is 12.1 Å². The van der Waals surface area contributed by atoms with Crippen LogP contribution in [0.1, 0.15) is 46.4 Å². The van der Waals surface area contributed by atoms with Crippen molar-refractivity contribution in [3.05, 3.63) is 63.4 Å². The molecular formula is C20H19FN4OS2. The second-order valence-electron chi connectivity index (χ2n) is 6.89. The van der Waals surface area contributed by atoms with E-state index in [1.165, 1.54) is 34.8 Å². The standard InChI is InChI=1S/C20H19FN4OS2/c1-11(2)16-10-27-20(22-16)23-18(26)17-8-15-12(3)24-25(19(15)28-17)9-13-4-6-14(21)7-5-13/h4-8,10-11H,9H2,1-3H3,(H,22,23,26). The second kappa shape index (κ2) is 7.44. The summed E-state index contributed by atoms with van der Waals surface area (Å²) in [6, 6.07) is 8.24. The number of anilines is 1. The highest BCUT2D eigenvalue weighted by molar-refractivity contribution is 7.20. The van der Waals surface area contributed by atoms with Crippen LogP contribution in [0.15, 0.2) is 35.7 Å². The van der Waals surface area contributed by atoms with E-state index in [0.717, 1.165) is 27.2 Å². The second-order valence-corrected chi connectivity index (χ2v) is 8.77. The Labute approximate surface area is 169 Å². The molecule has 28 heavy (non-hydrogen) atoms. The first-order valence-electron chi connectivity index (χ1n) is 8.89. The van der Waals surface area contributed by atoms with Crippen LogP contribution < -0.4 is 5.32 Å². The Hall–Kier alpha value is -2.58. The maximum Gasteiger partial charge on any atom is 0.267 e. The molecule has 0 saturated carbocycles. The van der Waals surface area contributed by atoms with Crippen LogP contribution in [-0.2, 0) is 6.54 Å². The highest BCUT2D eigenvalue weighted by atomic mass is 32.1. The summed E-state index contributed by atoms with van der Waals surface area (Å²) in [5.41, 5.74) is 2.79. The Kier molecular flexibility index (Phi) is 4.99. The number of rotatable bonds is 5. The van der Waals surface area contributed by atoms with Gasteiger partial charge in [0, 0.05) is 10.8 Å². The number of halogens is 1. The Morgan fingerprint density at radius 3 is 2.71 bits per heavy atom. The number of thiophene rings is 1. The van der Waals surface area contributed by atoms with Crippen LogP contribution in [0, 0.1) is 12.7 Å². The fourth-order valence-corrected chi connectivity index (χ4v) is 4.79. The summed E-state index contributed by atoms with van der Waals surface area (Å²) >= 11 is 2.83. The first-order chi connectivity index (χ1) is 13.4. The molecule has 3 aromatic heterocycles. The lowest BCUT2D eigenvalue weighted by molar-refractivity contribution is 0.103. The lowest BCUT2D eigenvalue weighted by Crippen LogP contribution is -2.10. The number of nitrogens with one attached hydrogen (secondary N) is 1. The zero-order valence-electron chi connectivity index (χ0n) is 15.7. The molecule has 4 aromatic rings. The molecule has 4 rings (SSSR count). The molecule has 0 aliphatic heterocycles. The quantitative estimate of drug-likeness (QED) is 0.474.